The fourth-order valence-electron chi connectivity index (χ4n) is 5.37. The van der Waals surface area contributed by atoms with Gasteiger partial charge in [0, 0.05) is 58.6 Å². The molecule has 1 aliphatic carbocycles. The van der Waals surface area contributed by atoms with E-state index in [-0.39, 0.29) is 36.4 Å². The first-order valence-corrected chi connectivity index (χ1v) is 15.2. The molecule has 45 heavy (non-hydrogen) atoms. The molecule has 1 aliphatic rings. The van der Waals surface area contributed by atoms with E-state index < -0.39 is 0 Å². The Balaban J connectivity index is 1.12. The smallest absolute Gasteiger partial charge is 0.319 e. The summed E-state index contributed by atoms with van der Waals surface area (Å²) in [6.07, 6.45) is 10.1. The van der Waals surface area contributed by atoms with Gasteiger partial charge in [-0.05, 0) is 63.1 Å². The van der Waals surface area contributed by atoms with Gasteiger partial charge in [-0.1, -0.05) is 35.9 Å². The van der Waals surface area contributed by atoms with E-state index in [1.807, 2.05) is 30.5 Å². The number of halogens is 1. The fourth-order valence-corrected chi connectivity index (χ4v) is 5.57. The third-order valence-electron chi connectivity index (χ3n) is 7.66. The number of hydrogen-bond acceptors (Lipinski definition) is 8. The molecule has 0 bridgehead atoms. The minimum atomic E-state index is -0.344. The van der Waals surface area contributed by atoms with Crippen LogP contribution in [0.25, 0.3) is 22.2 Å². The molecule has 12 heteroatoms. The van der Waals surface area contributed by atoms with Gasteiger partial charge in [0.15, 0.2) is 0 Å². The van der Waals surface area contributed by atoms with Gasteiger partial charge in [-0.15, -0.1) is 0 Å². The monoisotopic (exact) mass is 629 g/mol. The Morgan fingerprint density at radius 1 is 1.11 bits per heavy atom. The highest BCUT2D eigenvalue weighted by atomic mass is 35.5. The van der Waals surface area contributed by atoms with Gasteiger partial charge in [0.1, 0.15) is 0 Å². The van der Waals surface area contributed by atoms with Crippen LogP contribution in [0, 0.1) is 0 Å². The van der Waals surface area contributed by atoms with Crippen molar-refractivity contribution in [3.05, 3.63) is 83.7 Å². The summed E-state index contributed by atoms with van der Waals surface area (Å²) in [5.74, 6) is -0.324. The van der Waals surface area contributed by atoms with E-state index in [0.717, 1.165) is 42.1 Å². The van der Waals surface area contributed by atoms with Crippen molar-refractivity contribution in [1.82, 2.24) is 25.2 Å². The van der Waals surface area contributed by atoms with Crippen molar-refractivity contribution in [1.29, 1.82) is 0 Å². The summed E-state index contributed by atoms with van der Waals surface area (Å²) >= 11 is 6.50. The summed E-state index contributed by atoms with van der Waals surface area (Å²) in [7, 11) is 3.09. The quantitative estimate of drug-likeness (QED) is 0.134. The standard InChI is InChI=1S/C33H36ClN7O4/c1-41(20-30(43)45-2)16-6-11-29(42)37-22-14-12-21(13-15-22)32(44)38-23-7-5-8-24(17-23)39-33-36-19-27(34)31(40-33)26-18-35-28-10-4-3-9-25(26)28/h3-4,6,9-15,18-19,23-24,35H,5,7-8,16-17,20H2,1-2H3,(H,37,42)(H,38,44)(H,36,39,40). The Kier molecular flexibility index (Phi) is 10.4. The number of benzene rings is 2. The summed E-state index contributed by atoms with van der Waals surface area (Å²) in [5.41, 5.74) is 3.66. The molecule has 2 heterocycles. The minimum absolute atomic E-state index is 0.00836. The average molecular weight is 630 g/mol. The number of amides is 2. The van der Waals surface area contributed by atoms with E-state index in [1.54, 1.807) is 48.5 Å². The highest BCUT2D eigenvalue weighted by Crippen LogP contribution is 2.32. The van der Waals surface area contributed by atoms with Gasteiger partial charge in [0.2, 0.25) is 11.9 Å². The lowest BCUT2D eigenvalue weighted by molar-refractivity contribution is -0.141. The molecule has 11 nitrogen and oxygen atoms in total. The molecule has 2 unspecified atom stereocenters. The van der Waals surface area contributed by atoms with Crippen LogP contribution in [-0.4, -0.2) is 77.0 Å². The van der Waals surface area contributed by atoms with Gasteiger partial charge in [-0.3, -0.25) is 19.3 Å². The van der Waals surface area contributed by atoms with Gasteiger partial charge in [0.25, 0.3) is 5.91 Å². The molecular weight excluding hydrogens is 594 g/mol. The lowest BCUT2D eigenvalue weighted by atomic mass is 9.91. The Hall–Kier alpha value is -4.74. The number of carbonyl (C=O) groups excluding carboxylic acids is 3. The van der Waals surface area contributed by atoms with Crippen molar-refractivity contribution >= 4 is 51.9 Å². The fraction of sp³-hybridized carbons (Fsp3) is 0.303. The van der Waals surface area contributed by atoms with Crippen LogP contribution in [0.2, 0.25) is 5.02 Å². The number of aromatic amines is 1. The number of anilines is 2. The number of H-pyrrole nitrogens is 1. The number of hydrogen-bond donors (Lipinski definition) is 4. The number of methoxy groups -OCH3 is 1. The van der Waals surface area contributed by atoms with Gasteiger partial charge < -0.3 is 25.7 Å². The first-order chi connectivity index (χ1) is 21.8. The van der Waals surface area contributed by atoms with Gasteiger partial charge in [0.05, 0.1) is 30.6 Å². The van der Waals surface area contributed by atoms with Crippen molar-refractivity contribution in [2.75, 3.05) is 37.9 Å². The Morgan fingerprint density at radius 2 is 1.89 bits per heavy atom. The molecule has 2 atom stereocenters. The summed E-state index contributed by atoms with van der Waals surface area (Å²) in [6, 6.07) is 14.8. The Morgan fingerprint density at radius 3 is 2.69 bits per heavy atom. The van der Waals surface area contributed by atoms with Crippen LogP contribution in [0.1, 0.15) is 36.0 Å². The number of ether oxygens (including phenoxy) is 1. The molecule has 0 saturated heterocycles. The van der Waals surface area contributed by atoms with Crippen molar-refractivity contribution in [2.24, 2.45) is 0 Å². The zero-order chi connectivity index (χ0) is 31.8. The number of rotatable bonds is 11. The number of likely N-dealkylation sites (N-methyl/N-ethyl adjacent to an activating group) is 1. The maximum Gasteiger partial charge on any atom is 0.319 e. The first kappa shape index (κ1) is 31.7. The minimum Gasteiger partial charge on any atom is -0.468 e. The molecule has 234 valence electrons. The third-order valence-corrected chi connectivity index (χ3v) is 7.94. The van der Waals surface area contributed by atoms with E-state index in [2.05, 4.69) is 30.7 Å². The van der Waals surface area contributed by atoms with Gasteiger partial charge in [-0.2, -0.15) is 0 Å². The van der Waals surface area contributed by atoms with Crippen LogP contribution >= 0.6 is 11.6 Å². The molecule has 2 aromatic carbocycles. The second kappa shape index (κ2) is 14.8. The zero-order valence-corrected chi connectivity index (χ0v) is 25.9. The van der Waals surface area contributed by atoms with Crippen molar-refractivity contribution in [2.45, 2.75) is 37.8 Å². The maximum absolute atomic E-state index is 13.0. The second-order valence-electron chi connectivity index (χ2n) is 11.1. The lowest BCUT2D eigenvalue weighted by Gasteiger charge is -2.30. The van der Waals surface area contributed by atoms with Crippen LogP contribution in [0.3, 0.4) is 0 Å². The molecule has 4 aromatic rings. The van der Waals surface area contributed by atoms with E-state index in [1.165, 1.54) is 13.2 Å². The molecule has 0 aliphatic heterocycles. The molecule has 1 fully saturated rings. The van der Waals surface area contributed by atoms with Crippen LogP contribution in [0.5, 0.6) is 0 Å². The number of nitrogens with zero attached hydrogens (tertiary/aromatic N) is 3. The van der Waals surface area contributed by atoms with Gasteiger partial charge >= 0.3 is 5.97 Å². The number of para-hydroxylation sites is 1. The molecule has 2 amide bonds. The topological polar surface area (TPSA) is 141 Å². The molecule has 1 saturated carbocycles. The number of nitrogens with one attached hydrogen (secondary N) is 4. The van der Waals surface area contributed by atoms with Crippen molar-refractivity contribution in [3.63, 3.8) is 0 Å². The van der Waals surface area contributed by atoms with Crippen molar-refractivity contribution in [3.8, 4) is 11.3 Å². The molecule has 0 spiro atoms. The molecular formula is C33H36ClN7O4. The number of aromatic nitrogens is 3. The Bertz CT molecular complexity index is 1690. The molecule has 5 rings (SSSR count). The lowest BCUT2D eigenvalue weighted by Crippen LogP contribution is -2.42. The average Bonchev–Trinajstić information content (AvgIpc) is 3.46. The zero-order valence-electron chi connectivity index (χ0n) is 25.2. The van der Waals surface area contributed by atoms with Crippen LogP contribution in [0.15, 0.2) is 73.1 Å². The predicted octanol–water partition coefficient (Wildman–Crippen LogP) is 5.03. The highest BCUT2D eigenvalue weighted by Gasteiger charge is 2.25. The molecule has 2 aromatic heterocycles. The Labute approximate surface area is 266 Å². The van der Waals surface area contributed by atoms with Gasteiger partial charge in [-0.25, -0.2) is 9.97 Å². The molecule has 4 N–H and O–H groups in total. The maximum atomic E-state index is 13.0. The summed E-state index contributed by atoms with van der Waals surface area (Å²) in [4.78, 5) is 50.7. The highest BCUT2D eigenvalue weighted by molar-refractivity contribution is 6.33. The predicted molar refractivity (Wildman–Crippen MR) is 175 cm³/mol. The summed E-state index contributed by atoms with van der Waals surface area (Å²) in [5, 5.41) is 10.9. The number of carbonyl (C=O) groups is 3. The normalized spacial score (nSPS) is 16.5. The summed E-state index contributed by atoms with van der Waals surface area (Å²) in [6.45, 7) is 0.548. The molecule has 0 radical (unpaired) electrons. The summed E-state index contributed by atoms with van der Waals surface area (Å²) < 4.78 is 4.63. The largest absolute Gasteiger partial charge is 0.468 e. The van der Waals surface area contributed by atoms with Crippen molar-refractivity contribution < 1.29 is 19.1 Å². The first-order valence-electron chi connectivity index (χ1n) is 14.8. The number of fused-ring (bicyclic) bond motifs is 1. The van der Waals surface area contributed by atoms with Crippen LogP contribution < -0.4 is 16.0 Å². The number of esters is 1. The van der Waals surface area contributed by atoms with E-state index in [0.29, 0.717) is 34.5 Å². The van der Waals surface area contributed by atoms with Crippen LogP contribution in [0.4, 0.5) is 11.6 Å². The van der Waals surface area contributed by atoms with E-state index in [4.69, 9.17) is 16.6 Å². The second-order valence-corrected chi connectivity index (χ2v) is 11.5. The van der Waals surface area contributed by atoms with E-state index >= 15 is 0 Å². The third kappa shape index (κ3) is 8.46. The SMILES string of the molecule is COC(=O)CN(C)CC=CC(=O)Nc1ccc(C(=O)NC2CCCC(Nc3ncc(Cl)c(-c4c[nH]c5ccccc45)n3)C2)cc1. The van der Waals surface area contributed by atoms with E-state index in [9.17, 15) is 14.4 Å². The van der Waals surface area contributed by atoms with Crippen LogP contribution in [-0.2, 0) is 14.3 Å².